The Morgan fingerprint density at radius 2 is 2.19 bits per heavy atom. The molecular weight excluding hydrogens is 274 g/mol. The number of aromatic nitrogens is 2. The Morgan fingerprint density at radius 1 is 1.43 bits per heavy atom. The van der Waals surface area contributed by atoms with E-state index in [2.05, 4.69) is 20.6 Å². The van der Waals surface area contributed by atoms with Gasteiger partial charge in [0.05, 0.1) is 4.92 Å². The van der Waals surface area contributed by atoms with Crippen molar-refractivity contribution < 1.29 is 10.0 Å². The van der Waals surface area contributed by atoms with Crippen molar-refractivity contribution >= 4 is 17.3 Å². The summed E-state index contributed by atoms with van der Waals surface area (Å²) in [7, 11) is 0. The van der Waals surface area contributed by atoms with Crippen molar-refractivity contribution in [2.75, 3.05) is 23.8 Å². The summed E-state index contributed by atoms with van der Waals surface area (Å²) in [5, 5.41) is 26.7. The van der Waals surface area contributed by atoms with E-state index >= 15 is 0 Å². The van der Waals surface area contributed by atoms with E-state index in [0.717, 1.165) is 25.7 Å². The summed E-state index contributed by atoms with van der Waals surface area (Å²) in [4.78, 5) is 18.8. The van der Waals surface area contributed by atoms with Crippen molar-refractivity contribution in [3.63, 3.8) is 0 Å². The number of anilines is 2. The van der Waals surface area contributed by atoms with Crippen LogP contribution in [0, 0.1) is 16.0 Å². The summed E-state index contributed by atoms with van der Waals surface area (Å²) in [6.45, 7) is 2.67. The predicted octanol–water partition coefficient (Wildman–Crippen LogP) is 1.78. The number of nitrogens with one attached hydrogen (secondary N) is 2. The second kappa shape index (κ2) is 7.16. The van der Waals surface area contributed by atoms with Gasteiger partial charge in [-0.25, -0.2) is 9.97 Å². The molecule has 1 fully saturated rings. The molecule has 21 heavy (non-hydrogen) atoms. The average Bonchev–Trinajstić information content (AvgIpc) is 2.92. The lowest BCUT2D eigenvalue weighted by atomic mass is 10.1. The second-order valence-electron chi connectivity index (χ2n) is 5.23. The maximum absolute atomic E-state index is 11.3. The van der Waals surface area contributed by atoms with Crippen LogP contribution < -0.4 is 10.6 Å². The van der Waals surface area contributed by atoms with Crippen molar-refractivity contribution in [3.05, 3.63) is 16.4 Å². The molecule has 1 saturated carbocycles. The van der Waals surface area contributed by atoms with Crippen LogP contribution in [0.5, 0.6) is 0 Å². The molecule has 0 saturated heterocycles. The molecule has 1 heterocycles. The van der Waals surface area contributed by atoms with E-state index in [1.54, 1.807) is 0 Å². The van der Waals surface area contributed by atoms with Crippen molar-refractivity contribution in [2.24, 2.45) is 5.92 Å². The SMILES string of the molecule is CCCNc1ncnc(NC2CCCC2CO)c1[N+](=O)[O-]. The Kier molecular flexibility index (Phi) is 5.26. The minimum absolute atomic E-state index is 0.0163. The van der Waals surface area contributed by atoms with Crippen molar-refractivity contribution in [2.45, 2.75) is 38.6 Å². The highest BCUT2D eigenvalue weighted by Gasteiger charge is 2.30. The first-order chi connectivity index (χ1) is 10.2. The number of nitrogens with zero attached hydrogens (tertiary/aromatic N) is 3. The first-order valence-corrected chi connectivity index (χ1v) is 7.28. The van der Waals surface area contributed by atoms with Gasteiger partial charge < -0.3 is 15.7 Å². The van der Waals surface area contributed by atoms with Gasteiger partial charge >= 0.3 is 5.69 Å². The Bertz CT molecular complexity index is 497. The first-order valence-electron chi connectivity index (χ1n) is 7.28. The highest BCUT2D eigenvalue weighted by atomic mass is 16.6. The number of aliphatic hydroxyl groups excluding tert-OH is 1. The highest BCUT2D eigenvalue weighted by molar-refractivity contribution is 5.69. The van der Waals surface area contributed by atoms with Crippen LogP contribution in [0.4, 0.5) is 17.3 Å². The first kappa shape index (κ1) is 15.4. The van der Waals surface area contributed by atoms with Crippen LogP contribution in [0.15, 0.2) is 6.33 Å². The summed E-state index contributed by atoms with van der Waals surface area (Å²) >= 11 is 0. The van der Waals surface area contributed by atoms with Crippen molar-refractivity contribution in [1.82, 2.24) is 9.97 Å². The zero-order chi connectivity index (χ0) is 15.2. The third-order valence-corrected chi connectivity index (χ3v) is 3.76. The Labute approximate surface area is 123 Å². The van der Waals surface area contributed by atoms with Crippen LogP contribution in [0.1, 0.15) is 32.6 Å². The molecule has 1 aliphatic rings. The molecule has 2 rings (SSSR count). The molecule has 116 valence electrons. The van der Waals surface area contributed by atoms with Gasteiger partial charge in [0.25, 0.3) is 0 Å². The predicted molar refractivity (Wildman–Crippen MR) is 79.3 cm³/mol. The molecule has 0 aliphatic heterocycles. The summed E-state index contributed by atoms with van der Waals surface area (Å²) in [5.74, 6) is 0.573. The number of nitro groups is 1. The van der Waals surface area contributed by atoms with E-state index in [9.17, 15) is 15.2 Å². The summed E-state index contributed by atoms with van der Waals surface area (Å²) < 4.78 is 0. The van der Waals surface area contributed by atoms with Gasteiger partial charge in [0.1, 0.15) is 6.33 Å². The number of hydrogen-bond donors (Lipinski definition) is 3. The number of rotatable bonds is 7. The zero-order valence-corrected chi connectivity index (χ0v) is 12.1. The molecule has 0 radical (unpaired) electrons. The van der Waals surface area contributed by atoms with Crippen LogP contribution in [0.25, 0.3) is 0 Å². The van der Waals surface area contributed by atoms with Gasteiger partial charge in [-0.3, -0.25) is 10.1 Å². The number of aliphatic hydroxyl groups is 1. The third kappa shape index (κ3) is 3.57. The topological polar surface area (TPSA) is 113 Å². The van der Waals surface area contributed by atoms with Gasteiger partial charge in [0.15, 0.2) is 0 Å². The molecule has 0 aromatic carbocycles. The summed E-state index contributed by atoms with van der Waals surface area (Å²) in [6.07, 6.45) is 4.97. The van der Waals surface area contributed by atoms with E-state index < -0.39 is 4.92 Å². The molecule has 1 aliphatic carbocycles. The van der Waals surface area contributed by atoms with Gasteiger partial charge in [-0.1, -0.05) is 13.3 Å². The molecule has 3 N–H and O–H groups in total. The van der Waals surface area contributed by atoms with Gasteiger partial charge in [-0.15, -0.1) is 0 Å². The quantitative estimate of drug-likeness (QED) is 0.519. The average molecular weight is 295 g/mol. The lowest BCUT2D eigenvalue weighted by Crippen LogP contribution is -2.27. The lowest BCUT2D eigenvalue weighted by molar-refractivity contribution is -0.383. The molecule has 1 aromatic heterocycles. The highest BCUT2D eigenvalue weighted by Crippen LogP contribution is 2.33. The van der Waals surface area contributed by atoms with E-state index in [1.807, 2.05) is 6.92 Å². The molecule has 0 spiro atoms. The fourth-order valence-corrected chi connectivity index (χ4v) is 2.65. The van der Waals surface area contributed by atoms with Crippen LogP contribution >= 0.6 is 0 Å². The van der Waals surface area contributed by atoms with Crippen LogP contribution in [0.3, 0.4) is 0 Å². The standard InChI is InChI=1S/C13H21N5O3/c1-2-6-14-12-11(18(20)21)13(16-8-15-12)17-10-5-3-4-9(10)7-19/h8-10,19H,2-7H2,1H3,(H2,14,15,16,17). The maximum Gasteiger partial charge on any atom is 0.353 e. The zero-order valence-electron chi connectivity index (χ0n) is 12.1. The fraction of sp³-hybridized carbons (Fsp3) is 0.692. The van der Waals surface area contributed by atoms with Crippen molar-refractivity contribution in [3.8, 4) is 0 Å². The second-order valence-corrected chi connectivity index (χ2v) is 5.23. The van der Waals surface area contributed by atoms with Gasteiger partial charge in [-0.05, 0) is 19.3 Å². The molecule has 8 heteroatoms. The van der Waals surface area contributed by atoms with E-state index in [1.165, 1.54) is 6.33 Å². The fourth-order valence-electron chi connectivity index (χ4n) is 2.65. The third-order valence-electron chi connectivity index (χ3n) is 3.76. The Morgan fingerprint density at radius 3 is 2.86 bits per heavy atom. The normalized spacial score (nSPS) is 21.2. The molecule has 2 unspecified atom stereocenters. The van der Waals surface area contributed by atoms with Crippen molar-refractivity contribution in [1.29, 1.82) is 0 Å². The maximum atomic E-state index is 11.3. The molecule has 1 aromatic rings. The molecule has 2 atom stereocenters. The van der Waals surface area contributed by atoms with E-state index in [0.29, 0.717) is 6.54 Å². The lowest BCUT2D eigenvalue weighted by Gasteiger charge is -2.19. The minimum Gasteiger partial charge on any atom is -0.396 e. The monoisotopic (exact) mass is 295 g/mol. The summed E-state index contributed by atoms with van der Waals surface area (Å²) in [6, 6.07) is 0.0163. The minimum atomic E-state index is -0.469. The van der Waals surface area contributed by atoms with Crippen LogP contribution in [-0.2, 0) is 0 Å². The Balaban J connectivity index is 2.23. The van der Waals surface area contributed by atoms with Gasteiger partial charge in [-0.2, -0.15) is 0 Å². The molecule has 0 bridgehead atoms. The molecule has 0 amide bonds. The van der Waals surface area contributed by atoms with Gasteiger partial charge in [0.2, 0.25) is 11.6 Å². The molecule has 8 nitrogen and oxygen atoms in total. The largest absolute Gasteiger partial charge is 0.396 e. The van der Waals surface area contributed by atoms with E-state index in [-0.39, 0.29) is 35.9 Å². The van der Waals surface area contributed by atoms with Gasteiger partial charge in [0, 0.05) is 25.1 Å². The van der Waals surface area contributed by atoms with Crippen LogP contribution in [-0.4, -0.2) is 39.2 Å². The van der Waals surface area contributed by atoms with Crippen LogP contribution in [0.2, 0.25) is 0 Å². The summed E-state index contributed by atoms with van der Waals surface area (Å²) in [5.41, 5.74) is -0.130. The van der Waals surface area contributed by atoms with E-state index in [4.69, 9.17) is 0 Å². The molecular formula is C13H21N5O3. The number of hydrogen-bond acceptors (Lipinski definition) is 7. The Hall–Kier alpha value is -1.96. The smallest absolute Gasteiger partial charge is 0.353 e.